The molecule has 104 valence electrons. The van der Waals surface area contributed by atoms with Crippen LogP contribution in [0.5, 0.6) is 5.75 Å². The molecule has 1 heterocycles. The number of rotatable bonds is 6. The molecule has 2 nitrogen and oxygen atoms in total. The van der Waals surface area contributed by atoms with Gasteiger partial charge in [0.15, 0.2) is 0 Å². The molecule has 1 aromatic rings. The average Bonchev–Trinajstić information content (AvgIpc) is 3.16. The molecular formula is C17H25NO. The van der Waals surface area contributed by atoms with E-state index in [9.17, 15) is 0 Å². The highest BCUT2D eigenvalue weighted by Crippen LogP contribution is 2.36. The highest BCUT2D eigenvalue weighted by Gasteiger charge is 2.33. The number of hydrogen-bond donors (Lipinski definition) is 1. The van der Waals surface area contributed by atoms with Crippen molar-refractivity contribution in [2.24, 2.45) is 5.41 Å². The largest absolute Gasteiger partial charge is 0.490 e. The van der Waals surface area contributed by atoms with Gasteiger partial charge in [-0.1, -0.05) is 32.0 Å². The van der Waals surface area contributed by atoms with Crippen LogP contribution in [0.4, 0.5) is 0 Å². The van der Waals surface area contributed by atoms with E-state index in [1.165, 1.54) is 24.8 Å². The van der Waals surface area contributed by atoms with E-state index in [-0.39, 0.29) is 0 Å². The predicted octanol–water partition coefficient (Wildman–Crippen LogP) is 3.55. The van der Waals surface area contributed by atoms with E-state index >= 15 is 0 Å². The van der Waals surface area contributed by atoms with Crippen molar-refractivity contribution in [2.75, 3.05) is 6.54 Å². The Labute approximate surface area is 116 Å². The lowest BCUT2D eigenvalue weighted by Crippen LogP contribution is -2.36. The van der Waals surface area contributed by atoms with Gasteiger partial charge in [-0.15, -0.1) is 0 Å². The van der Waals surface area contributed by atoms with E-state index in [0.717, 1.165) is 31.2 Å². The summed E-state index contributed by atoms with van der Waals surface area (Å²) in [6.45, 7) is 5.83. The van der Waals surface area contributed by atoms with Crippen LogP contribution in [0.2, 0.25) is 0 Å². The molecule has 1 saturated carbocycles. The fourth-order valence-electron chi connectivity index (χ4n) is 2.94. The summed E-state index contributed by atoms with van der Waals surface area (Å²) >= 11 is 0. The topological polar surface area (TPSA) is 21.3 Å². The molecule has 19 heavy (non-hydrogen) atoms. The Kier molecular flexibility index (Phi) is 3.53. The molecule has 0 spiro atoms. The van der Waals surface area contributed by atoms with Crippen molar-refractivity contribution in [3.8, 4) is 5.75 Å². The second-order valence-electron chi connectivity index (χ2n) is 6.58. The van der Waals surface area contributed by atoms with Gasteiger partial charge in [0, 0.05) is 19.0 Å². The Morgan fingerprint density at radius 2 is 2.11 bits per heavy atom. The number of nitrogens with one attached hydrogen (secondary N) is 1. The lowest BCUT2D eigenvalue weighted by atomic mass is 9.81. The highest BCUT2D eigenvalue weighted by molar-refractivity contribution is 5.37. The first-order valence-corrected chi connectivity index (χ1v) is 7.66. The van der Waals surface area contributed by atoms with Crippen molar-refractivity contribution >= 4 is 0 Å². The second-order valence-corrected chi connectivity index (χ2v) is 6.58. The van der Waals surface area contributed by atoms with Crippen LogP contribution >= 0.6 is 0 Å². The zero-order chi connectivity index (χ0) is 13.3. The molecule has 0 bridgehead atoms. The maximum atomic E-state index is 6.10. The van der Waals surface area contributed by atoms with Crippen molar-refractivity contribution < 1.29 is 4.74 Å². The highest BCUT2D eigenvalue weighted by atomic mass is 16.5. The maximum absolute atomic E-state index is 6.10. The van der Waals surface area contributed by atoms with Gasteiger partial charge in [-0.05, 0) is 42.7 Å². The Bertz CT molecular complexity index is 416. The van der Waals surface area contributed by atoms with Crippen molar-refractivity contribution in [3.05, 3.63) is 29.8 Å². The van der Waals surface area contributed by atoms with E-state index in [2.05, 4.69) is 43.4 Å². The van der Waals surface area contributed by atoms with Gasteiger partial charge in [0.05, 0.1) is 0 Å². The zero-order valence-corrected chi connectivity index (χ0v) is 12.1. The second kappa shape index (κ2) is 5.16. The van der Waals surface area contributed by atoms with Gasteiger partial charge >= 0.3 is 0 Å². The third-order valence-corrected chi connectivity index (χ3v) is 4.68. The summed E-state index contributed by atoms with van der Waals surface area (Å²) in [4.78, 5) is 0. The molecule has 1 N–H and O–H groups in total. The third kappa shape index (κ3) is 3.11. The zero-order valence-electron chi connectivity index (χ0n) is 12.1. The molecule has 2 heteroatoms. The number of hydrogen-bond acceptors (Lipinski definition) is 2. The van der Waals surface area contributed by atoms with Crippen LogP contribution in [0.3, 0.4) is 0 Å². The molecule has 1 aromatic carbocycles. The molecule has 0 saturated heterocycles. The third-order valence-electron chi connectivity index (χ3n) is 4.68. The minimum Gasteiger partial charge on any atom is -0.490 e. The summed E-state index contributed by atoms with van der Waals surface area (Å²) < 4.78 is 6.10. The van der Waals surface area contributed by atoms with E-state index in [0.29, 0.717) is 11.5 Å². The lowest BCUT2D eigenvalue weighted by Gasteiger charge is -2.31. The molecule has 1 aliphatic heterocycles. The van der Waals surface area contributed by atoms with E-state index < -0.39 is 0 Å². The van der Waals surface area contributed by atoms with E-state index in [4.69, 9.17) is 4.74 Å². The molecule has 0 radical (unpaired) electrons. The molecule has 1 fully saturated rings. The molecule has 1 aliphatic carbocycles. The van der Waals surface area contributed by atoms with Gasteiger partial charge in [0.1, 0.15) is 11.9 Å². The minimum atomic E-state index is 0.356. The summed E-state index contributed by atoms with van der Waals surface area (Å²) in [5.41, 5.74) is 1.73. The Morgan fingerprint density at radius 3 is 2.79 bits per heavy atom. The van der Waals surface area contributed by atoms with E-state index in [1.807, 2.05) is 0 Å². The summed E-state index contributed by atoms with van der Waals surface area (Å²) in [6.07, 6.45) is 6.54. The molecule has 2 aliphatic rings. The van der Waals surface area contributed by atoms with Crippen LogP contribution < -0.4 is 10.1 Å². The standard InChI is InChI=1S/C17H25NO/c1-3-17(2,12-18-14-8-9-14)11-15-10-13-6-4-5-7-16(13)19-15/h4-7,14-15,18H,3,8-12H2,1-2H3. The quantitative estimate of drug-likeness (QED) is 0.843. The first-order chi connectivity index (χ1) is 9.18. The summed E-state index contributed by atoms with van der Waals surface area (Å²) in [7, 11) is 0. The summed E-state index contributed by atoms with van der Waals surface area (Å²) in [5, 5.41) is 3.69. The van der Waals surface area contributed by atoms with Crippen LogP contribution in [0.25, 0.3) is 0 Å². The van der Waals surface area contributed by atoms with Crippen molar-refractivity contribution in [1.29, 1.82) is 0 Å². The molecule has 0 aromatic heterocycles. The number of ether oxygens (including phenoxy) is 1. The average molecular weight is 259 g/mol. The van der Waals surface area contributed by atoms with Crippen LogP contribution in [0.1, 0.15) is 45.1 Å². The summed E-state index contributed by atoms with van der Waals surface area (Å²) in [6, 6.07) is 9.27. The van der Waals surface area contributed by atoms with Crippen molar-refractivity contribution in [1.82, 2.24) is 5.32 Å². The Balaban J connectivity index is 1.57. The van der Waals surface area contributed by atoms with Gasteiger partial charge in [0.25, 0.3) is 0 Å². The fourth-order valence-corrected chi connectivity index (χ4v) is 2.94. The monoisotopic (exact) mass is 259 g/mol. The van der Waals surface area contributed by atoms with Crippen LogP contribution in [-0.4, -0.2) is 18.7 Å². The summed E-state index contributed by atoms with van der Waals surface area (Å²) in [5.74, 6) is 1.10. The molecule has 0 amide bonds. The first-order valence-electron chi connectivity index (χ1n) is 7.66. The van der Waals surface area contributed by atoms with Crippen molar-refractivity contribution in [3.63, 3.8) is 0 Å². The Morgan fingerprint density at radius 1 is 1.32 bits per heavy atom. The van der Waals surface area contributed by atoms with Gasteiger partial charge in [-0.25, -0.2) is 0 Å². The molecule has 2 atom stereocenters. The lowest BCUT2D eigenvalue weighted by molar-refractivity contribution is 0.139. The fraction of sp³-hybridized carbons (Fsp3) is 0.647. The normalized spacial score (nSPS) is 24.6. The number of para-hydroxylation sites is 1. The minimum absolute atomic E-state index is 0.356. The Hall–Kier alpha value is -1.02. The van der Waals surface area contributed by atoms with Crippen molar-refractivity contribution in [2.45, 2.75) is 58.1 Å². The van der Waals surface area contributed by atoms with E-state index in [1.54, 1.807) is 0 Å². The van der Waals surface area contributed by atoms with Gasteiger partial charge in [-0.3, -0.25) is 0 Å². The number of fused-ring (bicyclic) bond motifs is 1. The smallest absolute Gasteiger partial charge is 0.123 e. The van der Waals surface area contributed by atoms with Crippen LogP contribution in [0, 0.1) is 5.41 Å². The predicted molar refractivity (Wildman–Crippen MR) is 78.6 cm³/mol. The van der Waals surface area contributed by atoms with Crippen LogP contribution in [0.15, 0.2) is 24.3 Å². The molecule has 2 unspecified atom stereocenters. The molecule has 3 rings (SSSR count). The van der Waals surface area contributed by atoms with Gasteiger partial charge < -0.3 is 10.1 Å². The van der Waals surface area contributed by atoms with Crippen LogP contribution in [-0.2, 0) is 6.42 Å². The number of benzene rings is 1. The maximum Gasteiger partial charge on any atom is 0.123 e. The SMILES string of the molecule is CCC(C)(CNC1CC1)CC1Cc2ccccc2O1. The van der Waals surface area contributed by atoms with Gasteiger partial charge in [0.2, 0.25) is 0 Å². The molecular weight excluding hydrogens is 234 g/mol. The van der Waals surface area contributed by atoms with Gasteiger partial charge in [-0.2, -0.15) is 0 Å². The first kappa shape index (κ1) is 13.0.